The molecule has 152 valence electrons. The van der Waals surface area contributed by atoms with Gasteiger partial charge in [-0.25, -0.2) is 0 Å². The Bertz CT molecular complexity index is 786. The van der Waals surface area contributed by atoms with Crippen LogP contribution < -0.4 is 4.74 Å². The number of carbonyl (C=O) groups excluding carboxylic acids is 1. The molecule has 1 amide bonds. The molecule has 2 aromatic rings. The highest BCUT2D eigenvalue weighted by Gasteiger charge is 2.32. The molecule has 0 bridgehead atoms. The average Bonchev–Trinajstić information content (AvgIpc) is 2.63. The molecule has 0 aliphatic heterocycles. The Morgan fingerprint density at radius 1 is 1.14 bits per heavy atom. The summed E-state index contributed by atoms with van der Waals surface area (Å²) in [6.45, 7) is 5.74. The molecule has 0 aliphatic carbocycles. The number of alkyl halides is 3. The van der Waals surface area contributed by atoms with Crippen molar-refractivity contribution in [2.45, 2.75) is 39.4 Å². The zero-order valence-corrected chi connectivity index (χ0v) is 16.5. The number of amides is 1. The highest BCUT2D eigenvalue weighted by molar-refractivity contribution is 5.78. The normalized spacial score (nSPS) is 13.1. The summed E-state index contributed by atoms with van der Waals surface area (Å²) in [5, 5.41) is 0. The lowest BCUT2D eigenvalue weighted by atomic mass is 9.83. The predicted molar refractivity (Wildman–Crippen MR) is 101 cm³/mol. The van der Waals surface area contributed by atoms with Gasteiger partial charge in [-0.2, -0.15) is 13.2 Å². The van der Waals surface area contributed by atoms with E-state index in [0.29, 0.717) is 6.42 Å². The minimum atomic E-state index is -4.46. The summed E-state index contributed by atoms with van der Waals surface area (Å²) >= 11 is 0. The summed E-state index contributed by atoms with van der Waals surface area (Å²) in [4.78, 5) is 18.5. The van der Waals surface area contributed by atoms with Crippen molar-refractivity contribution in [2.24, 2.45) is 5.41 Å². The topological polar surface area (TPSA) is 42.4 Å². The fourth-order valence-corrected chi connectivity index (χ4v) is 2.92. The minimum Gasteiger partial charge on any atom is -0.484 e. The molecule has 1 aromatic heterocycles. The van der Waals surface area contributed by atoms with Gasteiger partial charge in [0.25, 0.3) is 5.91 Å². The van der Waals surface area contributed by atoms with E-state index in [4.69, 9.17) is 4.74 Å². The number of nitrogens with zero attached hydrogens (tertiary/aromatic N) is 2. The van der Waals surface area contributed by atoms with Crippen LogP contribution in [-0.4, -0.2) is 35.5 Å². The van der Waals surface area contributed by atoms with Crippen LogP contribution in [0.5, 0.6) is 5.75 Å². The van der Waals surface area contributed by atoms with Crippen molar-refractivity contribution < 1.29 is 22.7 Å². The number of rotatable bonds is 6. The van der Waals surface area contributed by atoms with E-state index in [1.54, 1.807) is 18.1 Å². The Morgan fingerprint density at radius 2 is 1.86 bits per heavy atom. The van der Waals surface area contributed by atoms with Gasteiger partial charge < -0.3 is 9.64 Å². The van der Waals surface area contributed by atoms with Gasteiger partial charge in [0.15, 0.2) is 6.61 Å². The monoisotopic (exact) mass is 394 g/mol. The summed E-state index contributed by atoms with van der Waals surface area (Å²) in [5.74, 6) is -0.304. The van der Waals surface area contributed by atoms with E-state index in [9.17, 15) is 18.0 Å². The highest BCUT2D eigenvalue weighted by atomic mass is 19.4. The summed E-state index contributed by atoms with van der Waals surface area (Å²) in [7, 11) is 1.68. The van der Waals surface area contributed by atoms with E-state index in [1.807, 2.05) is 39.0 Å². The van der Waals surface area contributed by atoms with Crippen molar-refractivity contribution in [3.8, 4) is 5.75 Å². The van der Waals surface area contributed by atoms with Crippen LogP contribution in [0.1, 0.15) is 32.0 Å². The molecular weight excluding hydrogens is 369 g/mol. The molecule has 0 unspecified atom stereocenters. The van der Waals surface area contributed by atoms with Crippen molar-refractivity contribution in [2.75, 3.05) is 13.7 Å². The van der Waals surface area contributed by atoms with E-state index in [0.717, 1.165) is 17.8 Å². The molecule has 7 heteroatoms. The lowest BCUT2D eigenvalue weighted by molar-refractivity contribution is -0.137. The maximum Gasteiger partial charge on any atom is 0.416 e. The van der Waals surface area contributed by atoms with Crippen molar-refractivity contribution in [1.82, 2.24) is 9.88 Å². The summed E-state index contributed by atoms with van der Waals surface area (Å²) < 4.78 is 43.7. The molecule has 0 saturated carbocycles. The zero-order chi connectivity index (χ0) is 20.9. The minimum absolute atomic E-state index is 0.00797. The first-order valence-electron chi connectivity index (χ1n) is 8.94. The van der Waals surface area contributed by atoms with Gasteiger partial charge in [0.05, 0.1) is 5.56 Å². The summed E-state index contributed by atoms with van der Waals surface area (Å²) in [5.41, 5.74) is -0.174. The van der Waals surface area contributed by atoms with Crippen molar-refractivity contribution in [1.29, 1.82) is 0 Å². The van der Waals surface area contributed by atoms with Gasteiger partial charge in [-0.15, -0.1) is 0 Å². The first kappa shape index (κ1) is 21.7. The number of hydrogen-bond donors (Lipinski definition) is 0. The Labute approximate surface area is 163 Å². The van der Waals surface area contributed by atoms with Crippen LogP contribution in [0.25, 0.3) is 0 Å². The lowest BCUT2D eigenvalue weighted by Crippen LogP contribution is -2.48. The quantitative estimate of drug-likeness (QED) is 0.719. The molecule has 4 nitrogen and oxygen atoms in total. The SMILES string of the molecule is CN(C(=O)COc1cccc(C(F)(F)F)c1)[C@H](Cc1ccccn1)C(C)(C)C. The second-order valence-electron chi connectivity index (χ2n) is 7.73. The zero-order valence-electron chi connectivity index (χ0n) is 16.5. The van der Waals surface area contributed by atoms with Gasteiger partial charge in [0.1, 0.15) is 5.75 Å². The number of carbonyl (C=O) groups is 1. The molecule has 0 saturated heterocycles. The molecule has 0 N–H and O–H groups in total. The van der Waals surface area contributed by atoms with E-state index in [-0.39, 0.29) is 29.7 Å². The van der Waals surface area contributed by atoms with Crippen LogP contribution in [0.2, 0.25) is 0 Å². The standard InChI is InChI=1S/C21H25F3N2O2/c1-20(2,3)18(13-16-9-5-6-11-25-16)26(4)19(27)14-28-17-10-7-8-15(12-17)21(22,23)24/h5-12,18H,13-14H2,1-4H3/t18-/m1/s1. The smallest absolute Gasteiger partial charge is 0.416 e. The number of pyridine rings is 1. The highest BCUT2D eigenvalue weighted by Crippen LogP contribution is 2.31. The van der Waals surface area contributed by atoms with Gasteiger partial charge in [0, 0.05) is 31.4 Å². The van der Waals surface area contributed by atoms with Crippen molar-refractivity contribution in [3.63, 3.8) is 0 Å². The van der Waals surface area contributed by atoms with Crippen LogP contribution in [-0.2, 0) is 17.4 Å². The molecule has 2 rings (SSSR count). The van der Waals surface area contributed by atoms with Gasteiger partial charge in [-0.3, -0.25) is 9.78 Å². The van der Waals surface area contributed by atoms with Crippen LogP contribution in [0, 0.1) is 5.41 Å². The first-order valence-corrected chi connectivity index (χ1v) is 8.94. The van der Waals surface area contributed by atoms with E-state index < -0.39 is 11.7 Å². The Hall–Kier alpha value is -2.57. The molecular formula is C21H25F3N2O2. The van der Waals surface area contributed by atoms with Gasteiger partial charge >= 0.3 is 6.18 Å². The van der Waals surface area contributed by atoms with Crippen LogP contribution >= 0.6 is 0 Å². The van der Waals surface area contributed by atoms with Crippen LogP contribution in [0.3, 0.4) is 0 Å². The maximum absolute atomic E-state index is 12.8. The number of likely N-dealkylation sites (N-methyl/N-ethyl adjacent to an activating group) is 1. The van der Waals surface area contributed by atoms with Crippen LogP contribution in [0.4, 0.5) is 13.2 Å². The number of benzene rings is 1. The van der Waals surface area contributed by atoms with E-state index in [2.05, 4.69) is 4.98 Å². The largest absolute Gasteiger partial charge is 0.484 e. The Balaban J connectivity index is 2.07. The third kappa shape index (κ3) is 5.97. The van der Waals surface area contributed by atoms with Gasteiger partial charge in [-0.05, 0) is 35.7 Å². The molecule has 1 atom stereocenters. The maximum atomic E-state index is 12.8. The fourth-order valence-electron chi connectivity index (χ4n) is 2.92. The Morgan fingerprint density at radius 3 is 2.43 bits per heavy atom. The number of hydrogen-bond acceptors (Lipinski definition) is 3. The second-order valence-corrected chi connectivity index (χ2v) is 7.73. The summed E-state index contributed by atoms with van der Waals surface area (Å²) in [6.07, 6.45) is -2.19. The molecule has 0 spiro atoms. The molecule has 0 fully saturated rings. The van der Waals surface area contributed by atoms with E-state index in [1.165, 1.54) is 12.1 Å². The van der Waals surface area contributed by atoms with E-state index >= 15 is 0 Å². The number of ether oxygens (including phenoxy) is 1. The molecule has 28 heavy (non-hydrogen) atoms. The van der Waals surface area contributed by atoms with Gasteiger partial charge in [-0.1, -0.05) is 32.9 Å². The number of aromatic nitrogens is 1. The van der Waals surface area contributed by atoms with Gasteiger partial charge in [0.2, 0.25) is 0 Å². The first-order chi connectivity index (χ1) is 13.0. The molecule has 0 aliphatic rings. The molecule has 1 aromatic carbocycles. The molecule has 0 radical (unpaired) electrons. The Kier molecular flexibility index (Phi) is 6.69. The lowest BCUT2D eigenvalue weighted by Gasteiger charge is -2.38. The fraction of sp³-hybridized carbons (Fsp3) is 0.429. The average molecular weight is 394 g/mol. The molecule has 1 heterocycles. The second kappa shape index (κ2) is 8.63. The van der Waals surface area contributed by atoms with Crippen molar-refractivity contribution >= 4 is 5.91 Å². The third-order valence-electron chi connectivity index (χ3n) is 4.51. The predicted octanol–water partition coefficient (Wildman–Crippen LogP) is 4.60. The summed E-state index contributed by atoms with van der Waals surface area (Å²) in [6, 6.07) is 9.97. The van der Waals surface area contributed by atoms with Crippen LogP contribution in [0.15, 0.2) is 48.7 Å². The number of halogens is 3. The third-order valence-corrected chi connectivity index (χ3v) is 4.51. The van der Waals surface area contributed by atoms with Crippen molar-refractivity contribution in [3.05, 3.63) is 59.9 Å².